The second kappa shape index (κ2) is 4.99. The van der Waals surface area contributed by atoms with Crippen molar-refractivity contribution in [3.8, 4) is 5.75 Å². The predicted molar refractivity (Wildman–Crippen MR) is 65.1 cm³/mol. The van der Waals surface area contributed by atoms with Gasteiger partial charge in [-0.05, 0) is 19.0 Å². The van der Waals surface area contributed by atoms with E-state index in [1.165, 1.54) is 6.07 Å². The van der Waals surface area contributed by atoms with Crippen LogP contribution in [0.15, 0.2) is 16.6 Å². The Kier molecular flexibility index (Phi) is 4.12. The summed E-state index contributed by atoms with van der Waals surface area (Å²) < 4.78 is 0.607. The number of nitrogens with zero attached hydrogens (tertiary/aromatic N) is 1. The van der Waals surface area contributed by atoms with E-state index in [0.717, 1.165) is 13.0 Å². The minimum atomic E-state index is -0.581. The first-order chi connectivity index (χ1) is 7.09. The summed E-state index contributed by atoms with van der Waals surface area (Å²) in [6, 6.07) is 3.04. The van der Waals surface area contributed by atoms with Crippen LogP contribution >= 0.6 is 28.3 Å². The van der Waals surface area contributed by atoms with Gasteiger partial charge in [0.25, 0.3) is 0 Å². The Hall–Kier alpha value is -0.850. The van der Waals surface area contributed by atoms with E-state index in [0.29, 0.717) is 10.0 Å². The number of hydrogen-bond donors (Lipinski definition) is 2. The number of hydrogen-bond acceptors (Lipinski definition) is 4. The Morgan fingerprint density at radius 1 is 1.56 bits per heavy atom. The lowest BCUT2D eigenvalue weighted by molar-refractivity contribution is -0.386. The first-order valence-corrected chi connectivity index (χ1v) is 5.29. The van der Waals surface area contributed by atoms with Crippen molar-refractivity contribution in [2.24, 2.45) is 0 Å². The molecule has 5 nitrogen and oxygen atoms in total. The highest BCUT2D eigenvalue weighted by Gasteiger charge is 2.27. The van der Waals surface area contributed by atoms with Gasteiger partial charge in [-0.15, -0.1) is 12.4 Å². The van der Waals surface area contributed by atoms with Crippen LogP contribution in [-0.4, -0.2) is 16.6 Å². The number of rotatable bonds is 2. The third-order valence-corrected chi connectivity index (χ3v) is 2.94. The van der Waals surface area contributed by atoms with Gasteiger partial charge >= 0.3 is 5.69 Å². The summed E-state index contributed by atoms with van der Waals surface area (Å²) in [7, 11) is 0. The summed E-state index contributed by atoms with van der Waals surface area (Å²) in [6.07, 6.45) is 0.890. The molecule has 1 atom stereocenters. The van der Waals surface area contributed by atoms with Crippen LogP contribution < -0.4 is 5.32 Å². The highest BCUT2D eigenvalue weighted by atomic mass is 79.9. The van der Waals surface area contributed by atoms with Gasteiger partial charge in [-0.25, -0.2) is 0 Å². The van der Waals surface area contributed by atoms with Crippen LogP contribution in [0.3, 0.4) is 0 Å². The Labute approximate surface area is 107 Å². The fourth-order valence-corrected chi connectivity index (χ4v) is 2.03. The molecule has 16 heavy (non-hydrogen) atoms. The maximum Gasteiger partial charge on any atom is 0.312 e. The first-order valence-electron chi connectivity index (χ1n) is 4.50. The molecular weight excluding hydrogens is 299 g/mol. The molecule has 1 saturated heterocycles. The highest BCUT2D eigenvalue weighted by Crippen LogP contribution is 2.39. The molecule has 0 aliphatic carbocycles. The Bertz CT molecular complexity index is 423. The summed E-state index contributed by atoms with van der Waals surface area (Å²) in [5.74, 6) is -0.236. The molecule has 1 aromatic rings. The van der Waals surface area contributed by atoms with E-state index >= 15 is 0 Å². The van der Waals surface area contributed by atoms with Crippen molar-refractivity contribution >= 4 is 34.0 Å². The van der Waals surface area contributed by atoms with Crippen molar-refractivity contribution < 1.29 is 10.0 Å². The number of aromatic hydroxyl groups is 1. The molecule has 1 aliphatic rings. The van der Waals surface area contributed by atoms with Crippen LogP contribution in [0.2, 0.25) is 0 Å². The van der Waals surface area contributed by atoms with Crippen molar-refractivity contribution in [3.63, 3.8) is 0 Å². The number of nitro benzene ring substituents is 1. The molecule has 1 aliphatic heterocycles. The smallest absolute Gasteiger partial charge is 0.312 e. The molecule has 2 rings (SSSR count). The van der Waals surface area contributed by atoms with E-state index in [4.69, 9.17) is 0 Å². The lowest BCUT2D eigenvalue weighted by atomic mass is 9.96. The zero-order valence-corrected chi connectivity index (χ0v) is 10.5. The molecule has 0 spiro atoms. The number of phenolic OH excluding ortho intramolecular Hbond substituents is 1. The van der Waals surface area contributed by atoms with Crippen molar-refractivity contribution in [1.29, 1.82) is 0 Å². The normalized spacial score (nSPS) is 18.4. The third kappa shape index (κ3) is 2.28. The molecule has 0 bridgehead atoms. The summed E-state index contributed by atoms with van der Waals surface area (Å²) in [5.41, 5.74) is 0.329. The van der Waals surface area contributed by atoms with Gasteiger partial charge < -0.3 is 10.4 Å². The van der Waals surface area contributed by atoms with Crippen LogP contribution in [-0.2, 0) is 0 Å². The van der Waals surface area contributed by atoms with Gasteiger partial charge in [0, 0.05) is 22.1 Å². The predicted octanol–water partition coefficient (Wildman–Crippen LogP) is 2.52. The van der Waals surface area contributed by atoms with Crippen LogP contribution in [0.25, 0.3) is 0 Å². The van der Waals surface area contributed by atoms with Gasteiger partial charge in [0.2, 0.25) is 0 Å². The number of nitrogens with one attached hydrogen (secondary N) is 1. The van der Waals surface area contributed by atoms with E-state index < -0.39 is 4.92 Å². The minimum Gasteiger partial charge on any atom is -0.502 e. The molecule has 7 heteroatoms. The average Bonchev–Trinajstić information content (AvgIpc) is 2.07. The lowest BCUT2D eigenvalue weighted by Crippen LogP contribution is -2.35. The molecule has 88 valence electrons. The van der Waals surface area contributed by atoms with Gasteiger partial charge in [0.15, 0.2) is 5.75 Å². The third-order valence-electron chi connectivity index (χ3n) is 2.48. The topological polar surface area (TPSA) is 75.4 Å². The zero-order chi connectivity index (χ0) is 11.0. The maximum atomic E-state index is 10.7. The van der Waals surface area contributed by atoms with E-state index in [9.17, 15) is 15.2 Å². The van der Waals surface area contributed by atoms with Gasteiger partial charge in [-0.3, -0.25) is 10.1 Å². The summed E-state index contributed by atoms with van der Waals surface area (Å²) >= 11 is 3.19. The molecule has 2 N–H and O–H groups in total. The van der Waals surface area contributed by atoms with Gasteiger partial charge in [-0.1, -0.05) is 15.9 Å². The molecule has 0 unspecified atom stereocenters. The highest BCUT2D eigenvalue weighted by molar-refractivity contribution is 9.10. The Morgan fingerprint density at radius 2 is 2.19 bits per heavy atom. The fourth-order valence-electron chi connectivity index (χ4n) is 1.56. The Morgan fingerprint density at radius 3 is 2.62 bits per heavy atom. The van der Waals surface area contributed by atoms with E-state index in [-0.39, 0.29) is 29.9 Å². The molecule has 1 heterocycles. The van der Waals surface area contributed by atoms with E-state index in [1.807, 2.05) is 0 Å². The van der Waals surface area contributed by atoms with Crippen molar-refractivity contribution in [2.45, 2.75) is 12.5 Å². The maximum absolute atomic E-state index is 10.7. The quantitative estimate of drug-likeness (QED) is 0.650. The summed E-state index contributed by atoms with van der Waals surface area (Å²) in [4.78, 5) is 10.1. The molecule has 0 radical (unpaired) electrons. The van der Waals surface area contributed by atoms with Crippen LogP contribution in [0.4, 0.5) is 5.69 Å². The van der Waals surface area contributed by atoms with Gasteiger partial charge in [-0.2, -0.15) is 0 Å². The fraction of sp³-hybridized carbons (Fsp3) is 0.333. The first kappa shape index (κ1) is 13.2. The van der Waals surface area contributed by atoms with Gasteiger partial charge in [0.1, 0.15) is 0 Å². The lowest BCUT2D eigenvalue weighted by Gasteiger charge is -2.28. The zero-order valence-electron chi connectivity index (χ0n) is 8.14. The molecule has 0 saturated carbocycles. The average molecular weight is 310 g/mol. The van der Waals surface area contributed by atoms with Crippen molar-refractivity contribution in [3.05, 3.63) is 32.3 Å². The van der Waals surface area contributed by atoms with E-state index in [1.54, 1.807) is 6.07 Å². The largest absolute Gasteiger partial charge is 0.502 e. The molecular formula is C9H10BrClN2O3. The number of halogens is 2. The van der Waals surface area contributed by atoms with E-state index in [2.05, 4.69) is 21.2 Å². The second-order valence-corrected chi connectivity index (χ2v) is 4.33. The van der Waals surface area contributed by atoms with Crippen LogP contribution in [0.5, 0.6) is 5.75 Å². The standard InChI is InChI=1S/C9H9BrN2O3.ClH/c10-5-3-6(7-1-2-11-7)9(13)8(4-5)12(14)15;/h3-4,7,11,13H,1-2H2;1H/t7-;/m0./s1. The molecule has 0 amide bonds. The molecule has 1 aromatic carbocycles. The molecule has 1 fully saturated rings. The number of benzene rings is 1. The van der Waals surface area contributed by atoms with Crippen molar-refractivity contribution in [1.82, 2.24) is 5.32 Å². The minimum absolute atomic E-state index is 0. The second-order valence-electron chi connectivity index (χ2n) is 3.42. The molecule has 0 aromatic heterocycles. The van der Waals surface area contributed by atoms with Crippen molar-refractivity contribution in [2.75, 3.05) is 6.54 Å². The SMILES string of the molecule is Cl.O=[N+]([O-])c1cc(Br)cc([C@@H]2CCN2)c1O. The van der Waals surface area contributed by atoms with Crippen LogP contribution in [0, 0.1) is 10.1 Å². The summed E-state index contributed by atoms with van der Waals surface area (Å²) in [6.45, 7) is 0.879. The monoisotopic (exact) mass is 308 g/mol. The summed E-state index contributed by atoms with van der Waals surface area (Å²) in [5, 5.41) is 23.5. The van der Waals surface area contributed by atoms with Gasteiger partial charge in [0.05, 0.1) is 4.92 Å². The Balaban J connectivity index is 0.00000128. The number of nitro groups is 1. The number of phenols is 1. The van der Waals surface area contributed by atoms with Crippen LogP contribution in [0.1, 0.15) is 18.0 Å².